The number of amides is 4. The van der Waals surface area contributed by atoms with Gasteiger partial charge >= 0.3 is 0 Å². The zero-order chi connectivity index (χ0) is 49.9. The molecule has 0 aliphatic carbocycles. The molecule has 15 nitrogen and oxygen atoms in total. The first kappa shape index (κ1) is 51.0. The van der Waals surface area contributed by atoms with Crippen LogP contribution >= 0.6 is 34.3 Å². The van der Waals surface area contributed by atoms with Crippen molar-refractivity contribution in [1.29, 1.82) is 0 Å². The molecular weight excluding hydrogens is 942 g/mol. The summed E-state index contributed by atoms with van der Waals surface area (Å²) < 4.78 is 2.06. The predicted octanol–water partition coefficient (Wildman–Crippen LogP) is 7.22. The van der Waals surface area contributed by atoms with E-state index in [1.165, 1.54) is 4.88 Å². The number of fused-ring (bicyclic) bond motifs is 3. The highest BCUT2D eigenvalue weighted by Gasteiger charge is 2.44. The molecule has 0 saturated carbocycles. The number of hydrogen-bond acceptors (Lipinski definition) is 12. The first-order valence-electron chi connectivity index (χ1n) is 24.4. The molecule has 0 unspecified atom stereocenters. The van der Waals surface area contributed by atoms with Gasteiger partial charge in [-0.2, -0.15) is 0 Å². The van der Waals surface area contributed by atoms with Gasteiger partial charge in [-0.05, 0) is 87.2 Å². The summed E-state index contributed by atoms with van der Waals surface area (Å²) in [5.41, 5.74) is 8.26. The van der Waals surface area contributed by atoms with Crippen molar-refractivity contribution in [2.24, 2.45) is 16.3 Å². The Morgan fingerprint density at radius 2 is 1.56 bits per heavy atom. The van der Waals surface area contributed by atoms with E-state index in [0.29, 0.717) is 43.4 Å². The third-order valence-corrected chi connectivity index (χ3v) is 16.2. The van der Waals surface area contributed by atoms with Gasteiger partial charge in [0.2, 0.25) is 23.6 Å². The average molecular weight is 1010 g/mol. The number of halogens is 1. The third kappa shape index (κ3) is 11.7. The molecule has 6 heterocycles. The number of thiazole rings is 1. The number of rotatable bonds is 16. The van der Waals surface area contributed by atoms with Gasteiger partial charge < -0.3 is 30.7 Å². The van der Waals surface area contributed by atoms with E-state index in [4.69, 9.17) is 16.6 Å². The summed E-state index contributed by atoms with van der Waals surface area (Å²) in [7, 11) is 0. The Balaban J connectivity index is 0.775. The predicted molar refractivity (Wildman–Crippen MR) is 278 cm³/mol. The normalized spacial score (nSPS) is 19.0. The van der Waals surface area contributed by atoms with Crippen molar-refractivity contribution in [3.63, 3.8) is 0 Å². The minimum absolute atomic E-state index is 0.0930. The quantitative estimate of drug-likeness (QED) is 0.0865. The van der Waals surface area contributed by atoms with Crippen LogP contribution < -0.4 is 16.0 Å². The Morgan fingerprint density at radius 1 is 0.871 bits per heavy atom. The van der Waals surface area contributed by atoms with Crippen molar-refractivity contribution >= 4 is 63.6 Å². The molecule has 3 N–H and O–H groups in total. The number of thiophene rings is 1. The Bertz CT molecular complexity index is 2720. The Labute approximate surface area is 424 Å². The van der Waals surface area contributed by atoms with Gasteiger partial charge in [0.1, 0.15) is 29.0 Å². The van der Waals surface area contributed by atoms with Crippen molar-refractivity contribution in [1.82, 2.24) is 50.4 Å². The van der Waals surface area contributed by atoms with E-state index < -0.39 is 23.5 Å². The van der Waals surface area contributed by atoms with E-state index in [1.54, 1.807) is 27.6 Å². The molecule has 372 valence electrons. The van der Waals surface area contributed by atoms with Crippen LogP contribution in [0.2, 0.25) is 5.02 Å². The van der Waals surface area contributed by atoms with E-state index in [2.05, 4.69) is 66.3 Å². The highest BCUT2D eigenvalue weighted by Crippen LogP contribution is 2.40. The van der Waals surface area contributed by atoms with Crippen LogP contribution in [0.3, 0.4) is 0 Å². The van der Waals surface area contributed by atoms with E-state index in [1.807, 2.05) is 88.7 Å². The number of carbonyl (C=O) groups is 4. The van der Waals surface area contributed by atoms with Gasteiger partial charge in [-0.1, -0.05) is 75.7 Å². The number of aromatic nitrogens is 4. The molecule has 3 aliphatic heterocycles. The molecule has 4 atom stereocenters. The van der Waals surface area contributed by atoms with E-state index in [-0.39, 0.29) is 42.4 Å². The highest BCUT2D eigenvalue weighted by atomic mass is 35.5. The monoisotopic (exact) mass is 1010 g/mol. The van der Waals surface area contributed by atoms with Crippen LogP contribution in [0, 0.1) is 39.0 Å². The van der Waals surface area contributed by atoms with Crippen molar-refractivity contribution in [2.75, 3.05) is 52.4 Å². The summed E-state index contributed by atoms with van der Waals surface area (Å²) in [6.45, 7) is 22.2. The number of hydrogen-bond donors (Lipinski definition) is 3. The van der Waals surface area contributed by atoms with Crippen LogP contribution in [0.25, 0.3) is 15.4 Å². The molecular formula is C52H66ClN11O4S2. The molecule has 3 aliphatic rings. The number of aliphatic imine (C=N–C) groups is 1. The minimum atomic E-state index is -0.778. The smallest absolute Gasteiger partial charge is 0.246 e. The molecule has 8 rings (SSSR count). The maximum Gasteiger partial charge on any atom is 0.246 e. The molecule has 70 heavy (non-hydrogen) atoms. The van der Waals surface area contributed by atoms with Gasteiger partial charge in [-0.3, -0.25) is 28.7 Å². The average Bonchev–Trinajstić information content (AvgIpc) is 4.10. The first-order chi connectivity index (χ1) is 33.4. The van der Waals surface area contributed by atoms with E-state index in [9.17, 15) is 19.2 Å². The lowest BCUT2D eigenvalue weighted by Crippen LogP contribution is -2.58. The summed E-state index contributed by atoms with van der Waals surface area (Å²) in [4.78, 5) is 73.2. The van der Waals surface area contributed by atoms with E-state index >= 15 is 0 Å². The summed E-state index contributed by atoms with van der Waals surface area (Å²) in [6.07, 6.45) is 1.77. The second kappa shape index (κ2) is 22.0. The molecule has 2 saturated heterocycles. The van der Waals surface area contributed by atoms with Crippen molar-refractivity contribution in [3.05, 3.63) is 104 Å². The molecule has 0 bridgehead atoms. The third-order valence-electron chi connectivity index (χ3n) is 13.8. The Kier molecular flexibility index (Phi) is 16.0. The SMILES string of the molecule is Cc1ncsc1-c1ccc(CNC(=O)[C@@H]2C[C@@H](C)CN2C(=O)[C@@H](NC(=O)CCN2CCN(CCCNC(=O)C[C@@H]3N=C(c4ccc(Cl)cc4)c4c(sc(C)c4C)-n4c(C)nnc43)CC2)C(C)(C)C)cc1. The lowest BCUT2D eigenvalue weighted by Gasteiger charge is -2.36. The van der Waals surface area contributed by atoms with Gasteiger partial charge in [0, 0.05) is 79.8 Å². The van der Waals surface area contributed by atoms with Crippen LogP contribution in [0.15, 0.2) is 59.0 Å². The number of piperazine rings is 1. The number of benzene rings is 2. The second-order valence-corrected chi connectivity index (χ2v) is 22.6. The maximum absolute atomic E-state index is 14.3. The summed E-state index contributed by atoms with van der Waals surface area (Å²) >= 11 is 9.56. The zero-order valence-corrected chi connectivity index (χ0v) is 44.0. The van der Waals surface area contributed by atoms with Crippen LogP contribution in [-0.2, 0) is 25.7 Å². The second-order valence-electron chi connectivity index (χ2n) is 20.1. The van der Waals surface area contributed by atoms with Crippen molar-refractivity contribution < 1.29 is 19.2 Å². The van der Waals surface area contributed by atoms with Crippen molar-refractivity contribution in [2.45, 2.75) is 106 Å². The highest BCUT2D eigenvalue weighted by molar-refractivity contribution is 7.15. The lowest BCUT2D eigenvalue weighted by atomic mass is 9.85. The van der Waals surface area contributed by atoms with Crippen LogP contribution in [0.4, 0.5) is 0 Å². The fraction of sp³-hybridized carbons (Fsp3) is 0.500. The molecule has 2 fully saturated rings. The molecule has 0 radical (unpaired) electrons. The number of carbonyl (C=O) groups excluding carboxylic acids is 4. The fourth-order valence-corrected chi connectivity index (χ4v) is 11.8. The maximum atomic E-state index is 14.3. The van der Waals surface area contributed by atoms with Crippen LogP contribution in [0.5, 0.6) is 0 Å². The summed E-state index contributed by atoms with van der Waals surface area (Å²) in [5, 5.41) is 19.9. The lowest BCUT2D eigenvalue weighted by molar-refractivity contribution is -0.144. The molecule has 0 spiro atoms. The Hall–Kier alpha value is -5.33. The number of likely N-dealkylation sites (tertiary alicyclic amines) is 1. The van der Waals surface area contributed by atoms with Crippen LogP contribution in [0.1, 0.15) is 104 Å². The molecule has 2 aromatic carbocycles. The number of aryl methyl sites for hydroxylation is 3. The van der Waals surface area contributed by atoms with Gasteiger partial charge in [0.15, 0.2) is 5.82 Å². The molecule has 3 aromatic heterocycles. The zero-order valence-electron chi connectivity index (χ0n) is 41.6. The number of nitrogens with one attached hydrogen (secondary N) is 3. The molecule has 5 aromatic rings. The van der Waals surface area contributed by atoms with Gasteiger partial charge in [0.25, 0.3) is 0 Å². The van der Waals surface area contributed by atoms with E-state index in [0.717, 1.165) is 94.1 Å². The fourth-order valence-electron chi connectivity index (χ4n) is 9.65. The summed E-state index contributed by atoms with van der Waals surface area (Å²) in [5.74, 6) is 0.883. The minimum Gasteiger partial charge on any atom is -0.356 e. The topological polar surface area (TPSA) is 170 Å². The van der Waals surface area contributed by atoms with Gasteiger partial charge in [-0.15, -0.1) is 32.9 Å². The van der Waals surface area contributed by atoms with Crippen molar-refractivity contribution in [3.8, 4) is 15.4 Å². The summed E-state index contributed by atoms with van der Waals surface area (Å²) in [6, 6.07) is 13.9. The molecule has 18 heteroatoms. The standard InChI is InChI=1S/C52H66ClN11O4S2/c1-31-26-41(49(67)55-28-36-10-12-38(13-11-36)46-33(3)56-30-69-46)63(29-31)50(68)47(52(6,7)8)58-42(65)18-21-62-24-22-61(23-25-62)20-9-19-54-43(66)27-40-48-60-59-35(5)64(48)51-44(32(2)34(4)70-51)45(57-40)37-14-16-39(53)17-15-37/h10-17,30-31,40-41,47H,9,18-29H2,1-8H3,(H,54,66)(H,55,67)(H,58,65)/t31-,40+,41+,47-/m1/s1. The Morgan fingerprint density at radius 3 is 2.23 bits per heavy atom. The largest absolute Gasteiger partial charge is 0.356 e. The van der Waals surface area contributed by atoms with Gasteiger partial charge in [-0.25, -0.2) is 4.98 Å². The number of nitrogens with zero attached hydrogens (tertiary/aromatic N) is 8. The molecule has 4 amide bonds. The van der Waals surface area contributed by atoms with Crippen LogP contribution in [-0.4, -0.2) is 128 Å². The van der Waals surface area contributed by atoms with Gasteiger partial charge in [0.05, 0.1) is 28.2 Å². The first-order valence-corrected chi connectivity index (χ1v) is 26.5.